The van der Waals surface area contributed by atoms with Crippen LogP contribution in [0.25, 0.3) is 0 Å². The molecule has 2 heterocycles. The van der Waals surface area contributed by atoms with Crippen molar-refractivity contribution in [1.82, 2.24) is 19.8 Å². The van der Waals surface area contributed by atoms with Gasteiger partial charge < -0.3 is 19.9 Å². The zero-order valence-corrected chi connectivity index (χ0v) is 13.6. The highest BCUT2D eigenvalue weighted by atomic mass is 16.6. The average Bonchev–Trinajstić information content (AvgIpc) is 2.60. The van der Waals surface area contributed by atoms with Crippen LogP contribution in [-0.2, 0) is 4.74 Å². The molecule has 1 N–H and O–H groups in total. The fourth-order valence-electron chi connectivity index (χ4n) is 2.27. The van der Waals surface area contributed by atoms with Crippen LogP contribution in [0, 0.1) is 0 Å². The number of carbonyl (C=O) groups excluding carboxylic acids is 2. The van der Waals surface area contributed by atoms with Crippen molar-refractivity contribution in [3.05, 3.63) is 18.0 Å². The Morgan fingerprint density at radius 1 is 1.22 bits per heavy atom. The number of hydrogen-bond donors (Lipinski definition) is 1. The molecule has 8 heteroatoms. The lowest BCUT2D eigenvalue weighted by atomic mass is 10.3. The molecular weight excluding hydrogens is 298 g/mol. The zero-order chi connectivity index (χ0) is 16.7. The first-order valence-electron chi connectivity index (χ1n) is 7.93. The summed E-state index contributed by atoms with van der Waals surface area (Å²) in [6.07, 6.45) is 2.21. The summed E-state index contributed by atoms with van der Waals surface area (Å²) in [6.45, 7) is 6.82. The number of aromatic nitrogens is 2. The van der Waals surface area contributed by atoms with E-state index in [1.807, 2.05) is 6.92 Å². The van der Waals surface area contributed by atoms with Crippen LogP contribution in [-0.4, -0.2) is 71.1 Å². The number of rotatable bonds is 5. The molecule has 2 amide bonds. The summed E-state index contributed by atoms with van der Waals surface area (Å²) >= 11 is 0. The second-order valence-electron chi connectivity index (χ2n) is 5.17. The van der Waals surface area contributed by atoms with E-state index in [4.69, 9.17) is 4.74 Å². The molecule has 0 radical (unpaired) electrons. The van der Waals surface area contributed by atoms with Gasteiger partial charge in [0.25, 0.3) is 5.91 Å². The summed E-state index contributed by atoms with van der Waals surface area (Å²) in [4.78, 5) is 35.8. The molecule has 1 aliphatic rings. The van der Waals surface area contributed by atoms with Crippen LogP contribution in [0.4, 0.5) is 10.7 Å². The Balaban J connectivity index is 1.93. The van der Waals surface area contributed by atoms with Crippen LogP contribution in [0.1, 0.15) is 30.8 Å². The molecular formula is C15H23N5O3. The fourth-order valence-corrected chi connectivity index (χ4v) is 2.27. The van der Waals surface area contributed by atoms with Crippen molar-refractivity contribution in [3.8, 4) is 0 Å². The Morgan fingerprint density at radius 3 is 2.57 bits per heavy atom. The van der Waals surface area contributed by atoms with Crippen LogP contribution in [0.5, 0.6) is 0 Å². The molecule has 1 aromatic heterocycles. The van der Waals surface area contributed by atoms with Gasteiger partial charge >= 0.3 is 6.09 Å². The molecule has 0 saturated carbocycles. The van der Waals surface area contributed by atoms with Gasteiger partial charge in [0.2, 0.25) is 5.95 Å². The molecule has 1 aromatic rings. The maximum atomic E-state index is 12.5. The molecule has 23 heavy (non-hydrogen) atoms. The first-order valence-corrected chi connectivity index (χ1v) is 7.93. The standard InChI is InChI=1S/C15H23N5O3/c1-3-6-16-14-17-7-5-12(18-14)13(21)19-8-10-20(11-9-19)15(22)23-4-2/h5,7H,3-4,6,8-11H2,1-2H3,(H,16,17,18). The third-order valence-corrected chi connectivity index (χ3v) is 3.50. The second kappa shape index (κ2) is 8.30. The first-order chi connectivity index (χ1) is 11.2. The molecule has 0 spiro atoms. The summed E-state index contributed by atoms with van der Waals surface area (Å²) < 4.78 is 4.97. The van der Waals surface area contributed by atoms with E-state index in [0.717, 1.165) is 13.0 Å². The van der Waals surface area contributed by atoms with Gasteiger partial charge in [-0.05, 0) is 19.4 Å². The Labute approximate surface area is 135 Å². The minimum Gasteiger partial charge on any atom is -0.450 e. The molecule has 1 saturated heterocycles. The normalized spacial score (nSPS) is 14.5. The molecule has 0 bridgehead atoms. The summed E-state index contributed by atoms with van der Waals surface area (Å²) in [6, 6.07) is 1.61. The van der Waals surface area contributed by atoms with Gasteiger partial charge in [0.15, 0.2) is 0 Å². The number of hydrogen-bond acceptors (Lipinski definition) is 6. The summed E-state index contributed by atoms with van der Waals surface area (Å²) in [7, 11) is 0. The van der Waals surface area contributed by atoms with Gasteiger partial charge in [0.05, 0.1) is 6.61 Å². The van der Waals surface area contributed by atoms with E-state index >= 15 is 0 Å². The summed E-state index contributed by atoms with van der Waals surface area (Å²) in [5.74, 6) is 0.318. The van der Waals surface area contributed by atoms with Gasteiger partial charge in [-0.25, -0.2) is 14.8 Å². The SMILES string of the molecule is CCCNc1nccc(C(=O)N2CCN(C(=O)OCC)CC2)n1. The monoisotopic (exact) mass is 321 g/mol. The van der Waals surface area contributed by atoms with E-state index in [1.54, 1.807) is 29.0 Å². The van der Waals surface area contributed by atoms with Crippen molar-refractivity contribution in [2.45, 2.75) is 20.3 Å². The molecule has 1 aliphatic heterocycles. The highest BCUT2D eigenvalue weighted by molar-refractivity contribution is 5.92. The van der Waals surface area contributed by atoms with Gasteiger partial charge in [-0.15, -0.1) is 0 Å². The quantitative estimate of drug-likeness (QED) is 0.877. The summed E-state index contributed by atoms with van der Waals surface area (Å²) in [5, 5.41) is 3.07. The van der Waals surface area contributed by atoms with Crippen molar-refractivity contribution in [3.63, 3.8) is 0 Å². The van der Waals surface area contributed by atoms with E-state index in [0.29, 0.717) is 44.4 Å². The smallest absolute Gasteiger partial charge is 0.409 e. The number of carbonyl (C=O) groups is 2. The summed E-state index contributed by atoms with van der Waals surface area (Å²) in [5.41, 5.74) is 0.364. The maximum Gasteiger partial charge on any atom is 0.409 e. The molecule has 126 valence electrons. The lowest BCUT2D eigenvalue weighted by molar-refractivity contribution is 0.0566. The van der Waals surface area contributed by atoms with Gasteiger partial charge in [-0.3, -0.25) is 4.79 Å². The van der Waals surface area contributed by atoms with Gasteiger partial charge in [-0.2, -0.15) is 0 Å². The van der Waals surface area contributed by atoms with Crippen LogP contribution in [0.3, 0.4) is 0 Å². The van der Waals surface area contributed by atoms with E-state index in [1.165, 1.54) is 0 Å². The predicted molar refractivity (Wildman–Crippen MR) is 85.3 cm³/mol. The number of anilines is 1. The number of amides is 2. The Kier molecular flexibility index (Phi) is 6.13. The number of piperazine rings is 1. The minimum absolute atomic E-state index is 0.143. The van der Waals surface area contributed by atoms with Crippen molar-refractivity contribution in [2.24, 2.45) is 0 Å². The van der Waals surface area contributed by atoms with E-state index < -0.39 is 0 Å². The zero-order valence-electron chi connectivity index (χ0n) is 13.6. The van der Waals surface area contributed by atoms with Crippen LogP contribution in [0.15, 0.2) is 12.3 Å². The molecule has 0 aliphatic carbocycles. The Hall–Kier alpha value is -2.38. The average molecular weight is 321 g/mol. The van der Waals surface area contributed by atoms with Crippen LogP contribution >= 0.6 is 0 Å². The molecule has 0 atom stereocenters. The topological polar surface area (TPSA) is 87.7 Å². The van der Waals surface area contributed by atoms with Crippen molar-refractivity contribution < 1.29 is 14.3 Å². The molecule has 0 aromatic carbocycles. The molecule has 0 unspecified atom stereocenters. The van der Waals surface area contributed by atoms with Crippen LogP contribution < -0.4 is 5.32 Å². The number of nitrogens with one attached hydrogen (secondary N) is 1. The van der Waals surface area contributed by atoms with Crippen molar-refractivity contribution in [1.29, 1.82) is 0 Å². The van der Waals surface area contributed by atoms with Crippen molar-refractivity contribution >= 4 is 17.9 Å². The van der Waals surface area contributed by atoms with E-state index in [2.05, 4.69) is 15.3 Å². The van der Waals surface area contributed by atoms with Gasteiger partial charge in [0.1, 0.15) is 5.69 Å². The minimum atomic E-state index is -0.326. The van der Waals surface area contributed by atoms with Crippen LogP contribution in [0.2, 0.25) is 0 Å². The maximum absolute atomic E-state index is 12.5. The fraction of sp³-hybridized carbons (Fsp3) is 0.600. The van der Waals surface area contributed by atoms with Gasteiger partial charge in [-0.1, -0.05) is 6.92 Å². The lowest BCUT2D eigenvalue weighted by Gasteiger charge is -2.33. The van der Waals surface area contributed by atoms with Gasteiger partial charge in [0, 0.05) is 38.9 Å². The van der Waals surface area contributed by atoms with Crippen molar-refractivity contribution in [2.75, 3.05) is 44.6 Å². The highest BCUT2D eigenvalue weighted by Gasteiger charge is 2.26. The van der Waals surface area contributed by atoms with E-state index in [-0.39, 0.29) is 12.0 Å². The third kappa shape index (κ3) is 4.54. The first kappa shape index (κ1) is 17.0. The predicted octanol–water partition coefficient (Wildman–Crippen LogP) is 1.21. The number of nitrogens with zero attached hydrogens (tertiary/aromatic N) is 4. The number of ether oxygens (including phenoxy) is 1. The van der Waals surface area contributed by atoms with E-state index in [9.17, 15) is 9.59 Å². The molecule has 2 rings (SSSR count). The lowest BCUT2D eigenvalue weighted by Crippen LogP contribution is -2.50. The molecule has 1 fully saturated rings. The highest BCUT2D eigenvalue weighted by Crippen LogP contribution is 2.09. The molecule has 8 nitrogen and oxygen atoms in total. The Morgan fingerprint density at radius 2 is 1.91 bits per heavy atom. The largest absolute Gasteiger partial charge is 0.450 e. The Bertz CT molecular complexity index is 544. The third-order valence-electron chi connectivity index (χ3n) is 3.50. The second-order valence-corrected chi connectivity index (χ2v) is 5.17.